The Kier molecular flexibility index (Phi) is 3.13. The fourth-order valence-corrected chi connectivity index (χ4v) is 4.23. The lowest BCUT2D eigenvalue weighted by Crippen LogP contribution is -2.44. The molecular formula is C15H22N2OS. The number of hydrogen-bond acceptors (Lipinski definition) is 4. The number of thiazole rings is 1. The second kappa shape index (κ2) is 4.83. The van der Waals surface area contributed by atoms with Crippen LogP contribution in [-0.2, 0) is 11.2 Å². The highest BCUT2D eigenvalue weighted by atomic mass is 32.1. The van der Waals surface area contributed by atoms with Crippen molar-refractivity contribution in [1.82, 2.24) is 10.3 Å². The quantitative estimate of drug-likeness (QED) is 0.868. The predicted molar refractivity (Wildman–Crippen MR) is 76.4 cm³/mol. The van der Waals surface area contributed by atoms with Gasteiger partial charge in [-0.1, -0.05) is 0 Å². The van der Waals surface area contributed by atoms with Crippen molar-refractivity contribution in [3.05, 3.63) is 16.6 Å². The first-order valence-corrected chi connectivity index (χ1v) is 8.47. The van der Waals surface area contributed by atoms with E-state index in [2.05, 4.69) is 15.7 Å². The summed E-state index contributed by atoms with van der Waals surface area (Å²) in [6.45, 7) is 2.07. The smallest absolute Gasteiger partial charge is 0.0931 e. The van der Waals surface area contributed by atoms with Gasteiger partial charge in [-0.3, -0.25) is 0 Å². The van der Waals surface area contributed by atoms with Crippen LogP contribution in [0.25, 0.3) is 0 Å². The van der Waals surface area contributed by atoms with E-state index in [1.807, 2.05) is 6.20 Å². The second-order valence-corrected chi connectivity index (χ2v) is 7.48. The van der Waals surface area contributed by atoms with Gasteiger partial charge in [0.15, 0.2) is 0 Å². The molecule has 4 rings (SSSR count). The molecule has 4 heteroatoms. The first kappa shape index (κ1) is 12.3. The Morgan fingerprint density at radius 1 is 1.37 bits per heavy atom. The van der Waals surface area contributed by atoms with E-state index in [4.69, 9.17) is 4.74 Å². The van der Waals surface area contributed by atoms with Gasteiger partial charge in [-0.2, -0.15) is 0 Å². The summed E-state index contributed by atoms with van der Waals surface area (Å²) in [6.07, 6.45) is 10.2. The van der Waals surface area contributed by atoms with Gasteiger partial charge in [0.1, 0.15) is 0 Å². The molecule has 2 aliphatic carbocycles. The van der Waals surface area contributed by atoms with Crippen LogP contribution in [0.4, 0.5) is 0 Å². The zero-order valence-corrected chi connectivity index (χ0v) is 12.1. The highest BCUT2D eigenvalue weighted by molar-refractivity contribution is 7.09. The van der Waals surface area contributed by atoms with E-state index in [1.54, 1.807) is 11.3 Å². The molecule has 1 aliphatic heterocycles. The molecule has 0 amide bonds. The number of aromatic nitrogens is 1. The Balaban J connectivity index is 1.53. The molecule has 3 nitrogen and oxygen atoms in total. The third-order valence-corrected chi connectivity index (χ3v) is 5.64. The highest BCUT2D eigenvalue weighted by Gasteiger charge is 2.51. The van der Waals surface area contributed by atoms with Gasteiger partial charge in [-0.05, 0) is 38.0 Å². The molecule has 3 aliphatic rings. The normalized spacial score (nSPS) is 34.8. The summed E-state index contributed by atoms with van der Waals surface area (Å²) in [5, 5.41) is 7.14. The van der Waals surface area contributed by atoms with Crippen LogP contribution in [0.2, 0.25) is 0 Å². The average Bonchev–Trinajstić information content (AvgIpc) is 3.34. The number of rotatable bonds is 6. The molecule has 0 aromatic carbocycles. The van der Waals surface area contributed by atoms with Crippen molar-refractivity contribution in [3.8, 4) is 0 Å². The van der Waals surface area contributed by atoms with E-state index >= 15 is 0 Å². The van der Waals surface area contributed by atoms with Crippen LogP contribution < -0.4 is 5.32 Å². The fraction of sp³-hybridized carbons (Fsp3) is 0.800. The van der Waals surface area contributed by atoms with Gasteiger partial charge in [0.2, 0.25) is 0 Å². The van der Waals surface area contributed by atoms with E-state index < -0.39 is 0 Å². The van der Waals surface area contributed by atoms with E-state index in [0.29, 0.717) is 11.5 Å². The van der Waals surface area contributed by atoms with Crippen LogP contribution in [0, 0.1) is 11.3 Å². The Morgan fingerprint density at radius 3 is 2.95 bits per heavy atom. The molecule has 2 saturated carbocycles. The van der Waals surface area contributed by atoms with Crippen molar-refractivity contribution in [2.75, 3.05) is 13.2 Å². The van der Waals surface area contributed by atoms with E-state index in [-0.39, 0.29) is 0 Å². The van der Waals surface area contributed by atoms with Crippen molar-refractivity contribution in [1.29, 1.82) is 0 Å². The van der Waals surface area contributed by atoms with Crippen LogP contribution in [0.5, 0.6) is 0 Å². The summed E-state index contributed by atoms with van der Waals surface area (Å²) in [5.74, 6) is 0.823. The summed E-state index contributed by atoms with van der Waals surface area (Å²) in [7, 11) is 0. The number of nitrogens with one attached hydrogen (secondary N) is 1. The number of hydrogen-bond donors (Lipinski definition) is 1. The van der Waals surface area contributed by atoms with Crippen LogP contribution in [0.15, 0.2) is 11.6 Å². The summed E-state index contributed by atoms with van der Waals surface area (Å²) in [5.41, 5.74) is 0.307. The van der Waals surface area contributed by atoms with Gasteiger partial charge in [0, 0.05) is 42.6 Å². The van der Waals surface area contributed by atoms with E-state index in [1.165, 1.54) is 37.1 Å². The minimum atomic E-state index is 0.307. The van der Waals surface area contributed by atoms with Gasteiger partial charge in [-0.15, -0.1) is 11.3 Å². The largest absolute Gasteiger partial charge is 0.377 e. The molecular weight excluding hydrogens is 256 g/mol. The summed E-state index contributed by atoms with van der Waals surface area (Å²) >= 11 is 1.80. The van der Waals surface area contributed by atoms with Crippen molar-refractivity contribution in [2.45, 2.75) is 50.7 Å². The third-order valence-electron chi connectivity index (χ3n) is 4.86. The molecule has 1 aromatic rings. The number of nitrogens with zero attached hydrogens (tertiary/aromatic N) is 1. The van der Waals surface area contributed by atoms with Gasteiger partial charge < -0.3 is 10.1 Å². The van der Waals surface area contributed by atoms with Crippen LogP contribution in [0.3, 0.4) is 0 Å². The zero-order valence-electron chi connectivity index (χ0n) is 11.3. The molecule has 3 fully saturated rings. The molecule has 2 atom stereocenters. The van der Waals surface area contributed by atoms with E-state index in [0.717, 1.165) is 31.5 Å². The van der Waals surface area contributed by atoms with E-state index in [9.17, 15) is 0 Å². The molecule has 19 heavy (non-hydrogen) atoms. The van der Waals surface area contributed by atoms with Gasteiger partial charge >= 0.3 is 0 Å². The maximum atomic E-state index is 6.13. The number of ether oxygens (including phenoxy) is 1. The molecule has 1 N–H and O–H groups in total. The Morgan fingerprint density at radius 2 is 2.26 bits per heavy atom. The first-order valence-electron chi connectivity index (χ1n) is 7.59. The fourth-order valence-electron chi connectivity index (χ4n) is 3.46. The molecule has 104 valence electrons. The van der Waals surface area contributed by atoms with Crippen molar-refractivity contribution < 1.29 is 4.74 Å². The lowest BCUT2D eigenvalue weighted by Gasteiger charge is -2.34. The summed E-state index contributed by atoms with van der Waals surface area (Å²) < 4.78 is 6.13. The zero-order chi connectivity index (χ0) is 12.7. The Labute approximate surface area is 118 Å². The van der Waals surface area contributed by atoms with Gasteiger partial charge in [0.05, 0.1) is 11.1 Å². The predicted octanol–water partition coefficient (Wildman–Crippen LogP) is 2.62. The Hall–Kier alpha value is -0.450. The maximum absolute atomic E-state index is 6.13. The minimum Gasteiger partial charge on any atom is -0.377 e. The average molecular weight is 278 g/mol. The lowest BCUT2D eigenvalue weighted by molar-refractivity contribution is 0.0304. The first-order chi connectivity index (χ1) is 9.36. The maximum Gasteiger partial charge on any atom is 0.0931 e. The van der Waals surface area contributed by atoms with Crippen LogP contribution >= 0.6 is 11.3 Å². The van der Waals surface area contributed by atoms with Crippen LogP contribution in [-0.4, -0.2) is 30.3 Å². The molecule has 2 unspecified atom stereocenters. The van der Waals surface area contributed by atoms with Gasteiger partial charge in [0.25, 0.3) is 0 Å². The second-order valence-electron chi connectivity index (χ2n) is 6.50. The SMILES string of the molecule is c1csc(CC2(CNC3CC3)CCOC2C2CC2)n1. The minimum absolute atomic E-state index is 0.307. The van der Waals surface area contributed by atoms with Crippen molar-refractivity contribution >= 4 is 11.3 Å². The Bertz CT molecular complexity index is 427. The molecule has 0 radical (unpaired) electrons. The van der Waals surface area contributed by atoms with Gasteiger partial charge in [-0.25, -0.2) is 4.98 Å². The standard InChI is InChI=1S/C15H22N2OS/c1-2-11(1)14-15(5-7-18-14,10-17-12-3-4-12)9-13-16-6-8-19-13/h6,8,11-12,14,17H,1-5,7,9-10H2. The topological polar surface area (TPSA) is 34.1 Å². The summed E-state index contributed by atoms with van der Waals surface area (Å²) in [4.78, 5) is 4.52. The van der Waals surface area contributed by atoms with Crippen molar-refractivity contribution in [3.63, 3.8) is 0 Å². The molecule has 1 aromatic heterocycles. The van der Waals surface area contributed by atoms with Crippen LogP contribution in [0.1, 0.15) is 37.1 Å². The monoisotopic (exact) mass is 278 g/mol. The third kappa shape index (κ3) is 2.58. The summed E-state index contributed by atoms with van der Waals surface area (Å²) in [6, 6.07) is 0.786. The highest BCUT2D eigenvalue weighted by Crippen LogP contribution is 2.49. The molecule has 2 heterocycles. The molecule has 1 saturated heterocycles. The molecule has 0 spiro atoms. The van der Waals surface area contributed by atoms with Crippen molar-refractivity contribution in [2.24, 2.45) is 11.3 Å². The molecule has 0 bridgehead atoms. The lowest BCUT2D eigenvalue weighted by atomic mass is 9.76.